The number of aryl methyl sites for hydroxylation is 1. The number of nitrogens with two attached hydrogens (primary N) is 1. The summed E-state index contributed by atoms with van der Waals surface area (Å²) in [4.78, 5) is 13.3. The third-order valence-corrected chi connectivity index (χ3v) is 14.0. The highest BCUT2D eigenvalue weighted by Crippen LogP contribution is 2.65. The normalized spacial score (nSPS) is 15.7. The molecule has 2 aliphatic carbocycles. The lowest BCUT2D eigenvalue weighted by Crippen LogP contribution is -2.27. The van der Waals surface area contributed by atoms with E-state index in [9.17, 15) is 0 Å². The fraction of sp³-hybridized carbons (Fsp3) is 0.138. The second-order valence-corrected chi connectivity index (χ2v) is 17.0. The smallest absolute Gasteiger partial charge is 0.158 e. The van der Waals surface area contributed by atoms with E-state index in [0.29, 0.717) is 5.84 Å². The zero-order chi connectivity index (χ0) is 43.4. The van der Waals surface area contributed by atoms with Crippen LogP contribution in [0.4, 0.5) is 0 Å². The van der Waals surface area contributed by atoms with E-state index in [4.69, 9.17) is 15.7 Å². The first-order chi connectivity index (χ1) is 30.3. The van der Waals surface area contributed by atoms with E-state index in [2.05, 4.69) is 199 Å². The number of benzene rings is 5. The molecule has 1 unspecified atom stereocenters. The number of nitrogens with zero attached hydrogens (tertiary/aromatic N) is 2. The minimum atomic E-state index is -0.815. The Bertz CT molecular complexity index is 2870. The first-order valence-corrected chi connectivity index (χ1v) is 22.2. The van der Waals surface area contributed by atoms with Gasteiger partial charge in [-0.2, -0.15) is 0 Å². The molecule has 4 heteroatoms. The fourth-order valence-electron chi connectivity index (χ4n) is 9.53. The SMILES string of the molecule is C=C/C=C\C1=C(C)C(C)=C(/C=C\C=C)C12c1cc(-c3ccccc3C(N=CN)=NC(C)(c3ccccc3)c3cccc(-c4ccccc4)c3)ccc1-c1c2sc(CC)c1/C=C\C. The molecule has 1 spiro atoms. The van der Waals surface area contributed by atoms with Gasteiger partial charge in [-0.1, -0.05) is 184 Å². The highest BCUT2D eigenvalue weighted by atomic mass is 32.1. The average Bonchev–Trinajstić information content (AvgIpc) is 3.89. The molecule has 3 nitrogen and oxygen atoms in total. The van der Waals surface area contributed by atoms with E-state index >= 15 is 0 Å². The first kappa shape index (κ1) is 41.8. The third-order valence-electron chi connectivity index (χ3n) is 12.6. The maximum Gasteiger partial charge on any atom is 0.158 e. The van der Waals surface area contributed by atoms with Gasteiger partial charge in [-0.3, -0.25) is 0 Å². The number of hydrogen-bond acceptors (Lipinski definition) is 2. The second-order valence-electron chi connectivity index (χ2n) is 15.9. The van der Waals surface area contributed by atoms with Gasteiger partial charge in [-0.25, -0.2) is 9.98 Å². The Kier molecular flexibility index (Phi) is 11.9. The van der Waals surface area contributed by atoms with Gasteiger partial charge >= 0.3 is 0 Å². The Morgan fingerprint density at radius 2 is 1.34 bits per heavy atom. The summed E-state index contributed by atoms with van der Waals surface area (Å²) in [6, 6.07) is 45.1. The summed E-state index contributed by atoms with van der Waals surface area (Å²) in [6.45, 7) is 19.2. The molecular weight excluding hydrogens is 771 g/mol. The summed E-state index contributed by atoms with van der Waals surface area (Å²) in [6.07, 6.45) is 19.3. The maximum absolute atomic E-state index is 6.23. The van der Waals surface area contributed by atoms with Crippen molar-refractivity contribution in [3.05, 3.63) is 243 Å². The van der Waals surface area contributed by atoms with Crippen molar-refractivity contribution in [2.24, 2.45) is 15.7 Å². The van der Waals surface area contributed by atoms with Gasteiger partial charge in [0.25, 0.3) is 0 Å². The predicted molar refractivity (Wildman–Crippen MR) is 268 cm³/mol. The summed E-state index contributed by atoms with van der Waals surface area (Å²) < 4.78 is 0. The van der Waals surface area contributed by atoms with Crippen molar-refractivity contribution in [1.29, 1.82) is 0 Å². The van der Waals surface area contributed by atoms with E-state index in [1.54, 1.807) is 0 Å². The van der Waals surface area contributed by atoms with Gasteiger partial charge in [0.15, 0.2) is 5.84 Å². The quantitative estimate of drug-likeness (QED) is 0.0746. The highest BCUT2D eigenvalue weighted by molar-refractivity contribution is 7.13. The fourth-order valence-corrected chi connectivity index (χ4v) is 11.0. The molecule has 0 saturated carbocycles. The van der Waals surface area contributed by atoms with Crippen LogP contribution in [0.15, 0.2) is 215 Å². The Morgan fingerprint density at radius 3 is 1.98 bits per heavy atom. The van der Waals surface area contributed by atoms with Crippen LogP contribution in [0.3, 0.4) is 0 Å². The van der Waals surface area contributed by atoms with Gasteiger partial charge in [0, 0.05) is 20.9 Å². The van der Waals surface area contributed by atoms with Crippen LogP contribution in [0.5, 0.6) is 0 Å². The maximum atomic E-state index is 6.23. The first-order valence-electron chi connectivity index (χ1n) is 21.4. The van der Waals surface area contributed by atoms with Gasteiger partial charge in [0.1, 0.15) is 5.54 Å². The molecule has 1 aromatic heterocycles. The zero-order valence-corrected chi connectivity index (χ0v) is 37.1. The van der Waals surface area contributed by atoms with Crippen LogP contribution in [0, 0.1) is 0 Å². The van der Waals surface area contributed by atoms with Gasteiger partial charge in [-0.05, 0) is 119 Å². The van der Waals surface area contributed by atoms with Crippen LogP contribution in [0.2, 0.25) is 0 Å². The number of hydrogen-bond donors (Lipinski definition) is 1. The molecular formula is C58H53N3S. The van der Waals surface area contributed by atoms with Crippen molar-refractivity contribution in [2.75, 3.05) is 0 Å². The van der Waals surface area contributed by atoms with Crippen LogP contribution >= 0.6 is 11.3 Å². The molecule has 1 heterocycles. The summed E-state index contributed by atoms with van der Waals surface area (Å²) in [7, 11) is 0. The minimum Gasteiger partial charge on any atom is -0.390 e. The monoisotopic (exact) mass is 823 g/mol. The molecule has 8 rings (SSSR count). The molecule has 0 saturated heterocycles. The predicted octanol–water partition coefficient (Wildman–Crippen LogP) is 14.8. The van der Waals surface area contributed by atoms with E-state index in [1.165, 1.54) is 60.6 Å². The summed E-state index contributed by atoms with van der Waals surface area (Å²) in [5.41, 5.74) is 22.5. The van der Waals surface area contributed by atoms with Crippen LogP contribution in [0.25, 0.3) is 39.5 Å². The number of rotatable bonds is 12. The molecule has 5 aromatic carbocycles. The second kappa shape index (κ2) is 17.6. The largest absolute Gasteiger partial charge is 0.390 e. The standard InChI is InChI=1S/C58H53N3S/c1-8-12-32-50-39(5)40(6)51(33-13-9-2)58(50)52-37-43(34-35-48(52)54-49(23-10-3)53(11-4)62-55(54)58)46-30-20-21-31-47(46)56(60-38-59)61-57(7,44-27-18-15-19-28-44)45-29-22-26-42(36-45)41-24-16-14-17-25-41/h8-10,12-38H,1-2,11H2,3-7H3,(H2,59,60,61)/b23-10-,32-12-,33-13-. The van der Waals surface area contributed by atoms with Crippen LogP contribution in [-0.2, 0) is 17.4 Å². The summed E-state index contributed by atoms with van der Waals surface area (Å²) in [5.74, 6) is 0.549. The highest BCUT2D eigenvalue weighted by Gasteiger charge is 2.53. The van der Waals surface area contributed by atoms with Crippen molar-refractivity contribution >= 4 is 29.6 Å². The van der Waals surface area contributed by atoms with Crippen molar-refractivity contribution in [3.63, 3.8) is 0 Å². The molecule has 0 bridgehead atoms. The van der Waals surface area contributed by atoms with Crippen molar-refractivity contribution < 1.29 is 0 Å². The van der Waals surface area contributed by atoms with Crippen LogP contribution in [0.1, 0.15) is 72.2 Å². The molecule has 306 valence electrons. The Labute approximate surface area is 371 Å². The van der Waals surface area contributed by atoms with E-state index in [-0.39, 0.29) is 0 Å². The third kappa shape index (κ3) is 6.95. The minimum absolute atomic E-state index is 0.542. The molecule has 2 N–H and O–H groups in total. The van der Waals surface area contributed by atoms with Crippen molar-refractivity contribution in [2.45, 2.75) is 52.0 Å². The number of allylic oxidation sites excluding steroid dienone is 11. The number of fused-ring (bicyclic) bond motifs is 5. The zero-order valence-electron chi connectivity index (χ0n) is 36.3. The Balaban J connectivity index is 1.38. The molecule has 2 aliphatic rings. The van der Waals surface area contributed by atoms with Gasteiger partial charge in [0.05, 0.1) is 11.8 Å². The average molecular weight is 824 g/mol. The van der Waals surface area contributed by atoms with Crippen LogP contribution < -0.4 is 5.73 Å². The lowest BCUT2D eigenvalue weighted by atomic mass is 9.71. The molecule has 0 amide bonds. The molecule has 62 heavy (non-hydrogen) atoms. The number of aliphatic imine (C=N–C) groups is 2. The molecule has 1 atom stereocenters. The van der Waals surface area contributed by atoms with Gasteiger partial charge in [-0.15, -0.1) is 11.3 Å². The molecule has 0 aliphatic heterocycles. The molecule has 0 fully saturated rings. The van der Waals surface area contributed by atoms with Crippen molar-refractivity contribution in [3.8, 4) is 33.4 Å². The van der Waals surface area contributed by atoms with E-state index in [1.807, 2.05) is 35.6 Å². The van der Waals surface area contributed by atoms with E-state index < -0.39 is 11.0 Å². The summed E-state index contributed by atoms with van der Waals surface area (Å²) >= 11 is 1.95. The van der Waals surface area contributed by atoms with Crippen LogP contribution in [-0.4, -0.2) is 12.2 Å². The number of thiophene rings is 1. The Morgan fingerprint density at radius 1 is 0.710 bits per heavy atom. The van der Waals surface area contributed by atoms with E-state index in [0.717, 1.165) is 45.4 Å². The number of amidine groups is 1. The lowest BCUT2D eigenvalue weighted by Gasteiger charge is -2.32. The van der Waals surface area contributed by atoms with Crippen molar-refractivity contribution in [1.82, 2.24) is 0 Å². The summed E-state index contributed by atoms with van der Waals surface area (Å²) in [5, 5.41) is 0. The Hall–Kier alpha value is -6.88. The van der Waals surface area contributed by atoms with Gasteiger partial charge < -0.3 is 5.73 Å². The topological polar surface area (TPSA) is 50.7 Å². The molecule has 0 radical (unpaired) electrons. The molecule has 6 aromatic rings. The van der Waals surface area contributed by atoms with Gasteiger partial charge in [0.2, 0.25) is 0 Å². The lowest BCUT2D eigenvalue weighted by molar-refractivity contribution is 0.606.